The Hall–Kier alpha value is -1.13. The average Bonchev–Trinajstić information content (AvgIpc) is 2.70. The van der Waals surface area contributed by atoms with E-state index in [0.717, 1.165) is 31.9 Å². The van der Waals surface area contributed by atoms with Crippen molar-refractivity contribution in [1.82, 2.24) is 9.88 Å². The third-order valence-electron chi connectivity index (χ3n) is 4.62. The van der Waals surface area contributed by atoms with Gasteiger partial charge in [0.1, 0.15) is 5.82 Å². The molecule has 3 heterocycles. The molecule has 0 aliphatic carbocycles. The Morgan fingerprint density at radius 3 is 2.60 bits per heavy atom. The first-order chi connectivity index (χ1) is 9.78. The summed E-state index contributed by atoms with van der Waals surface area (Å²) >= 11 is 0. The van der Waals surface area contributed by atoms with Crippen LogP contribution < -0.4 is 4.90 Å². The summed E-state index contributed by atoms with van der Waals surface area (Å²) in [6.07, 6.45) is 5.79. The molecule has 1 aromatic heterocycles. The monoisotopic (exact) mass is 275 g/mol. The van der Waals surface area contributed by atoms with Gasteiger partial charge in [-0.1, -0.05) is 6.07 Å². The van der Waals surface area contributed by atoms with Crippen LogP contribution in [0.3, 0.4) is 0 Å². The van der Waals surface area contributed by atoms with E-state index < -0.39 is 0 Å². The molecule has 2 aliphatic rings. The minimum absolute atomic E-state index is 0.703. The summed E-state index contributed by atoms with van der Waals surface area (Å²) in [5, 5.41) is 0. The molecule has 4 nitrogen and oxygen atoms in total. The number of aryl methyl sites for hydroxylation is 1. The first kappa shape index (κ1) is 13.8. The molecule has 2 fully saturated rings. The second kappa shape index (κ2) is 6.10. The topological polar surface area (TPSA) is 28.6 Å². The summed E-state index contributed by atoms with van der Waals surface area (Å²) < 4.78 is 5.18. The molecule has 0 N–H and O–H groups in total. The zero-order valence-electron chi connectivity index (χ0n) is 12.6. The number of piperazine rings is 1. The van der Waals surface area contributed by atoms with E-state index in [0.29, 0.717) is 12.1 Å². The third-order valence-corrected chi connectivity index (χ3v) is 4.62. The summed E-state index contributed by atoms with van der Waals surface area (Å²) in [6, 6.07) is 5.73. The van der Waals surface area contributed by atoms with Gasteiger partial charge >= 0.3 is 0 Å². The maximum atomic E-state index is 5.18. The van der Waals surface area contributed by atoms with Crippen LogP contribution in [0.15, 0.2) is 18.3 Å². The molecule has 2 bridgehead atoms. The van der Waals surface area contributed by atoms with Crippen molar-refractivity contribution in [3.05, 3.63) is 23.9 Å². The molecule has 3 rings (SSSR count). The Balaban J connectivity index is 1.62. The zero-order valence-corrected chi connectivity index (χ0v) is 12.6. The maximum absolute atomic E-state index is 5.18. The van der Waals surface area contributed by atoms with Crippen molar-refractivity contribution in [3.63, 3.8) is 0 Å². The van der Waals surface area contributed by atoms with Gasteiger partial charge in [-0.3, -0.25) is 4.90 Å². The fraction of sp³-hybridized carbons (Fsp3) is 0.688. The molecule has 2 unspecified atom stereocenters. The van der Waals surface area contributed by atoms with E-state index in [2.05, 4.69) is 33.8 Å². The minimum Gasteiger partial charge on any atom is -0.385 e. The van der Waals surface area contributed by atoms with Crippen molar-refractivity contribution in [2.45, 2.75) is 38.3 Å². The highest BCUT2D eigenvalue weighted by Gasteiger charge is 2.39. The van der Waals surface area contributed by atoms with Crippen molar-refractivity contribution in [3.8, 4) is 0 Å². The Bertz CT molecular complexity index is 420. The van der Waals surface area contributed by atoms with Crippen molar-refractivity contribution >= 4 is 5.82 Å². The van der Waals surface area contributed by atoms with Crippen molar-refractivity contribution < 1.29 is 4.74 Å². The maximum Gasteiger partial charge on any atom is 0.128 e. The summed E-state index contributed by atoms with van der Waals surface area (Å²) in [4.78, 5) is 9.75. The lowest BCUT2D eigenvalue weighted by Crippen LogP contribution is -2.54. The predicted molar refractivity (Wildman–Crippen MR) is 81.2 cm³/mol. The van der Waals surface area contributed by atoms with E-state index in [4.69, 9.17) is 4.74 Å². The molecule has 20 heavy (non-hydrogen) atoms. The minimum atomic E-state index is 0.703. The van der Waals surface area contributed by atoms with E-state index in [1.807, 2.05) is 6.20 Å². The van der Waals surface area contributed by atoms with Crippen molar-refractivity contribution in [2.24, 2.45) is 0 Å². The van der Waals surface area contributed by atoms with Crippen LogP contribution in [0, 0.1) is 6.92 Å². The lowest BCUT2D eigenvalue weighted by atomic mass is 10.1. The number of ether oxygens (including phenoxy) is 1. The quantitative estimate of drug-likeness (QED) is 0.769. The van der Waals surface area contributed by atoms with Crippen LogP contribution in [0.1, 0.15) is 24.8 Å². The van der Waals surface area contributed by atoms with Crippen molar-refractivity contribution in [1.29, 1.82) is 0 Å². The highest BCUT2D eigenvalue weighted by atomic mass is 16.5. The zero-order chi connectivity index (χ0) is 13.9. The van der Waals surface area contributed by atoms with Crippen LogP contribution in [-0.4, -0.2) is 55.3 Å². The summed E-state index contributed by atoms with van der Waals surface area (Å²) in [5.74, 6) is 1.14. The molecular weight excluding hydrogens is 250 g/mol. The number of hydrogen-bond donors (Lipinski definition) is 0. The lowest BCUT2D eigenvalue weighted by Gasteiger charge is -2.41. The average molecular weight is 275 g/mol. The normalized spacial score (nSPS) is 26.2. The molecule has 2 aliphatic heterocycles. The predicted octanol–water partition coefficient (Wildman–Crippen LogP) is 2.08. The highest BCUT2D eigenvalue weighted by Crippen LogP contribution is 2.32. The molecule has 0 radical (unpaired) electrons. The fourth-order valence-electron chi connectivity index (χ4n) is 3.58. The Labute approximate surface area is 121 Å². The fourth-order valence-corrected chi connectivity index (χ4v) is 3.58. The summed E-state index contributed by atoms with van der Waals surface area (Å²) in [5.41, 5.74) is 1.23. The smallest absolute Gasteiger partial charge is 0.128 e. The Kier molecular flexibility index (Phi) is 4.22. The van der Waals surface area contributed by atoms with Crippen LogP contribution >= 0.6 is 0 Å². The van der Waals surface area contributed by atoms with Gasteiger partial charge in [0.05, 0.1) is 0 Å². The van der Waals surface area contributed by atoms with Crippen molar-refractivity contribution in [2.75, 3.05) is 38.3 Å². The van der Waals surface area contributed by atoms with E-state index in [1.165, 1.54) is 24.9 Å². The van der Waals surface area contributed by atoms with Crippen LogP contribution in [0.5, 0.6) is 0 Å². The second-order valence-electron chi connectivity index (χ2n) is 6.07. The molecule has 4 heteroatoms. The van der Waals surface area contributed by atoms with Crippen LogP contribution in [0.2, 0.25) is 0 Å². The standard InChI is InChI=1S/C16H25N3O/c1-13-4-7-16(17-10-13)18-11-14-5-6-15(12-18)19(14)8-3-9-20-2/h4,7,10,14-15H,3,5-6,8-9,11-12H2,1-2H3. The van der Waals surface area contributed by atoms with Gasteiger partial charge in [-0.25, -0.2) is 4.98 Å². The molecular formula is C16H25N3O. The second-order valence-corrected chi connectivity index (χ2v) is 6.07. The Morgan fingerprint density at radius 1 is 1.25 bits per heavy atom. The van der Waals surface area contributed by atoms with E-state index >= 15 is 0 Å². The van der Waals surface area contributed by atoms with E-state index in [9.17, 15) is 0 Å². The van der Waals surface area contributed by atoms with Crippen LogP contribution in [0.4, 0.5) is 5.82 Å². The molecule has 2 atom stereocenters. The first-order valence-corrected chi connectivity index (χ1v) is 7.70. The Morgan fingerprint density at radius 2 is 2.00 bits per heavy atom. The lowest BCUT2D eigenvalue weighted by molar-refractivity contribution is 0.134. The number of nitrogens with zero attached hydrogens (tertiary/aromatic N) is 3. The third kappa shape index (κ3) is 2.81. The molecule has 0 aromatic carbocycles. The number of fused-ring (bicyclic) bond motifs is 2. The van der Waals surface area contributed by atoms with Crippen LogP contribution in [-0.2, 0) is 4.74 Å². The number of pyridine rings is 1. The number of anilines is 1. The summed E-state index contributed by atoms with van der Waals surface area (Å²) in [6.45, 7) is 6.39. The number of rotatable bonds is 5. The SMILES string of the molecule is COCCCN1C2CCC1CN(c1ccc(C)cn1)C2. The van der Waals surface area contributed by atoms with Gasteiger partial charge < -0.3 is 9.64 Å². The van der Waals surface area contributed by atoms with Gasteiger partial charge in [-0.15, -0.1) is 0 Å². The molecule has 0 saturated carbocycles. The highest BCUT2D eigenvalue weighted by molar-refractivity contribution is 5.41. The summed E-state index contributed by atoms with van der Waals surface area (Å²) in [7, 11) is 1.79. The number of methoxy groups -OCH3 is 1. The number of aromatic nitrogens is 1. The largest absolute Gasteiger partial charge is 0.385 e. The van der Waals surface area contributed by atoms with Gasteiger partial charge in [-0.05, 0) is 37.8 Å². The van der Waals surface area contributed by atoms with Crippen LogP contribution in [0.25, 0.3) is 0 Å². The van der Waals surface area contributed by atoms with Gasteiger partial charge in [0.25, 0.3) is 0 Å². The molecule has 110 valence electrons. The molecule has 2 saturated heterocycles. The van der Waals surface area contributed by atoms with Gasteiger partial charge in [0.15, 0.2) is 0 Å². The molecule has 0 spiro atoms. The van der Waals surface area contributed by atoms with Gasteiger partial charge in [-0.2, -0.15) is 0 Å². The van der Waals surface area contributed by atoms with Gasteiger partial charge in [0, 0.05) is 51.6 Å². The number of hydrogen-bond acceptors (Lipinski definition) is 4. The molecule has 0 amide bonds. The van der Waals surface area contributed by atoms with Gasteiger partial charge in [0.2, 0.25) is 0 Å². The molecule has 1 aromatic rings. The van der Waals surface area contributed by atoms with E-state index in [1.54, 1.807) is 7.11 Å². The van der Waals surface area contributed by atoms with E-state index in [-0.39, 0.29) is 0 Å². The first-order valence-electron chi connectivity index (χ1n) is 7.70.